The summed E-state index contributed by atoms with van der Waals surface area (Å²) in [6.07, 6.45) is -0.824. The molecule has 0 saturated carbocycles. The molecule has 13 heavy (non-hydrogen) atoms. The van der Waals surface area contributed by atoms with Gasteiger partial charge >= 0.3 is 6.09 Å². The maximum Gasteiger partial charge on any atom is 0.426 e. The second kappa shape index (κ2) is 4.32. The van der Waals surface area contributed by atoms with Crippen LogP contribution < -0.4 is 16.0 Å². The zero-order valence-corrected chi connectivity index (χ0v) is 7.89. The molecule has 70 valence electrons. The third-order valence-electron chi connectivity index (χ3n) is 1.23. The highest BCUT2D eigenvalue weighted by Crippen LogP contribution is 2.32. The van der Waals surface area contributed by atoms with E-state index in [1.807, 2.05) is 0 Å². The van der Waals surface area contributed by atoms with Gasteiger partial charge in [-0.15, -0.1) is 0 Å². The van der Waals surface area contributed by atoms with Crippen molar-refractivity contribution in [3.05, 3.63) is 28.2 Å². The van der Waals surface area contributed by atoms with Gasteiger partial charge in [-0.3, -0.25) is 5.43 Å². The van der Waals surface area contributed by atoms with E-state index >= 15 is 0 Å². The molecule has 0 atom stereocenters. The number of amides is 1. The Morgan fingerprint density at radius 1 is 1.38 bits per heavy atom. The van der Waals surface area contributed by atoms with Crippen molar-refractivity contribution in [2.45, 2.75) is 0 Å². The van der Waals surface area contributed by atoms with Gasteiger partial charge in [0, 0.05) is 0 Å². The van der Waals surface area contributed by atoms with Crippen molar-refractivity contribution in [1.82, 2.24) is 5.43 Å². The number of nitrogens with one attached hydrogen (secondary N) is 1. The van der Waals surface area contributed by atoms with Crippen LogP contribution in [0.3, 0.4) is 0 Å². The fraction of sp³-hybridized carbons (Fsp3) is 0. The van der Waals surface area contributed by atoms with Gasteiger partial charge in [0.1, 0.15) is 0 Å². The molecule has 0 bridgehead atoms. The van der Waals surface area contributed by atoms with Crippen LogP contribution in [-0.2, 0) is 0 Å². The molecule has 0 radical (unpaired) electrons. The van der Waals surface area contributed by atoms with Crippen LogP contribution in [0.5, 0.6) is 5.75 Å². The first-order valence-corrected chi connectivity index (χ1v) is 4.03. The molecule has 0 aliphatic carbocycles. The molecule has 0 fully saturated rings. The number of hydrogen-bond donors (Lipinski definition) is 2. The smallest absolute Gasteiger partial charge is 0.406 e. The molecule has 1 aromatic rings. The largest absolute Gasteiger partial charge is 0.426 e. The first-order valence-electron chi connectivity index (χ1n) is 3.27. The molecule has 0 heterocycles. The van der Waals surface area contributed by atoms with Crippen molar-refractivity contribution in [2.24, 2.45) is 5.84 Å². The second-order valence-electron chi connectivity index (χ2n) is 2.08. The number of hydrogen-bond acceptors (Lipinski definition) is 3. The van der Waals surface area contributed by atoms with E-state index in [2.05, 4.69) is 4.74 Å². The van der Waals surface area contributed by atoms with Crippen molar-refractivity contribution in [3.8, 4) is 5.75 Å². The van der Waals surface area contributed by atoms with Crippen LogP contribution >= 0.6 is 23.2 Å². The number of rotatable bonds is 1. The van der Waals surface area contributed by atoms with E-state index < -0.39 is 6.09 Å². The van der Waals surface area contributed by atoms with Crippen LogP contribution in [0.25, 0.3) is 0 Å². The topological polar surface area (TPSA) is 64.3 Å². The van der Waals surface area contributed by atoms with Crippen LogP contribution in [0.2, 0.25) is 10.0 Å². The Bertz CT molecular complexity index is 310. The average Bonchev–Trinajstić information content (AvgIpc) is 2.11. The van der Waals surface area contributed by atoms with Gasteiger partial charge in [-0.1, -0.05) is 29.3 Å². The molecule has 0 aliphatic rings. The monoisotopic (exact) mass is 220 g/mol. The van der Waals surface area contributed by atoms with Crippen LogP contribution in [0.15, 0.2) is 18.2 Å². The van der Waals surface area contributed by atoms with Crippen LogP contribution in [0.4, 0.5) is 4.79 Å². The molecular formula is C7H6Cl2N2O2. The minimum Gasteiger partial charge on any atom is -0.406 e. The highest BCUT2D eigenvalue weighted by molar-refractivity contribution is 6.37. The molecule has 0 spiro atoms. The Hall–Kier alpha value is -0.970. The normalized spacial score (nSPS) is 9.46. The third-order valence-corrected chi connectivity index (χ3v) is 1.83. The molecular weight excluding hydrogens is 215 g/mol. The Morgan fingerprint density at radius 3 is 2.38 bits per heavy atom. The summed E-state index contributed by atoms with van der Waals surface area (Å²) in [6, 6.07) is 4.73. The van der Waals surface area contributed by atoms with Gasteiger partial charge in [0.05, 0.1) is 10.0 Å². The molecule has 1 rings (SSSR count). The first-order chi connectivity index (χ1) is 6.15. The third kappa shape index (κ3) is 2.48. The number of para-hydroxylation sites is 1. The summed E-state index contributed by atoms with van der Waals surface area (Å²) in [5.41, 5.74) is 1.79. The van der Waals surface area contributed by atoms with Crippen molar-refractivity contribution >= 4 is 29.3 Å². The maximum atomic E-state index is 10.7. The second-order valence-corrected chi connectivity index (χ2v) is 2.90. The van der Waals surface area contributed by atoms with E-state index in [-0.39, 0.29) is 15.8 Å². The van der Waals surface area contributed by atoms with Crippen molar-refractivity contribution in [2.75, 3.05) is 0 Å². The molecule has 1 amide bonds. The van der Waals surface area contributed by atoms with Gasteiger partial charge < -0.3 is 4.74 Å². The number of ether oxygens (including phenoxy) is 1. The van der Waals surface area contributed by atoms with Crippen LogP contribution in [-0.4, -0.2) is 6.09 Å². The first kappa shape index (κ1) is 10.1. The standard InChI is InChI=1S/C7H6Cl2N2O2/c8-4-2-1-3-5(9)6(4)13-7(12)11-10/h1-3H,10H2,(H,11,12). The SMILES string of the molecule is NNC(=O)Oc1c(Cl)cccc1Cl. The molecule has 4 nitrogen and oxygen atoms in total. The summed E-state index contributed by atoms with van der Waals surface area (Å²) >= 11 is 11.4. The fourth-order valence-corrected chi connectivity index (χ4v) is 1.18. The van der Waals surface area contributed by atoms with E-state index in [1.54, 1.807) is 23.6 Å². The van der Waals surface area contributed by atoms with E-state index in [0.29, 0.717) is 0 Å². The quantitative estimate of drug-likeness (QED) is 0.432. The number of nitrogens with two attached hydrogens (primary N) is 1. The number of benzene rings is 1. The molecule has 0 saturated heterocycles. The number of halogens is 2. The van der Waals surface area contributed by atoms with Gasteiger partial charge in [0.2, 0.25) is 0 Å². The average molecular weight is 221 g/mol. The van der Waals surface area contributed by atoms with Crippen molar-refractivity contribution in [1.29, 1.82) is 0 Å². The lowest BCUT2D eigenvalue weighted by Gasteiger charge is -2.06. The Labute approximate surface area is 84.5 Å². The number of carbonyl (C=O) groups excluding carboxylic acids is 1. The zero-order chi connectivity index (χ0) is 9.84. The Kier molecular flexibility index (Phi) is 3.36. The predicted molar refractivity (Wildman–Crippen MR) is 49.8 cm³/mol. The van der Waals surface area contributed by atoms with Gasteiger partial charge in [0.15, 0.2) is 5.75 Å². The van der Waals surface area contributed by atoms with E-state index in [1.165, 1.54) is 0 Å². The molecule has 6 heteroatoms. The number of hydrazine groups is 1. The van der Waals surface area contributed by atoms with Gasteiger partial charge in [-0.05, 0) is 12.1 Å². The van der Waals surface area contributed by atoms with E-state index in [9.17, 15) is 4.79 Å². The summed E-state index contributed by atoms with van der Waals surface area (Å²) in [6.45, 7) is 0. The molecule has 0 unspecified atom stereocenters. The van der Waals surface area contributed by atoms with E-state index in [4.69, 9.17) is 29.0 Å². The number of carbonyl (C=O) groups is 1. The van der Waals surface area contributed by atoms with Gasteiger partial charge in [-0.2, -0.15) is 0 Å². The molecule has 0 aromatic heterocycles. The zero-order valence-electron chi connectivity index (χ0n) is 6.38. The fourth-order valence-electron chi connectivity index (χ4n) is 0.702. The highest BCUT2D eigenvalue weighted by atomic mass is 35.5. The maximum absolute atomic E-state index is 10.7. The summed E-state index contributed by atoms with van der Waals surface area (Å²) in [5.74, 6) is 4.90. The molecule has 0 aliphatic heterocycles. The summed E-state index contributed by atoms with van der Waals surface area (Å²) < 4.78 is 4.69. The van der Waals surface area contributed by atoms with E-state index in [0.717, 1.165) is 0 Å². The summed E-state index contributed by atoms with van der Waals surface area (Å²) in [5, 5.41) is 0.493. The Morgan fingerprint density at radius 2 is 1.92 bits per heavy atom. The van der Waals surface area contributed by atoms with Crippen molar-refractivity contribution in [3.63, 3.8) is 0 Å². The lowest BCUT2D eigenvalue weighted by atomic mass is 10.3. The lowest BCUT2D eigenvalue weighted by molar-refractivity contribution is 0.201. The Balaban J connectivity index is 2.93. The highest BCUT2D eigenvalue weighted by Gasteiger charge is 2.10. The van der Waals surface area contributed by atoms with Gasteiger partial charge in [0.25, 0.3) is 0 Å². The van der Waals surface area contributed by atoms with Crippen molar-refractivity contribution < 1.29 is 9.53 Å². The summed E-state index contributed by atoms with van der Waals surface area (Å²) in [4.78, 5) is 10.7. The molecule has 1 aromatic carbocycles. The minimum atomic E-state index is -0.824. The van der Waals surface area contributed by atoms with Crippen LogP contribution in [0, 0.1) is 0 Å². The van der Waals surface area contributed by atoms with Gasteiger partial charge in [-0.25, -0.2) is 10.6 Å². The summed E-state index contributed by atoms with van der Waals surface area (Å²) in [7, 11) is 0. The molecule has 3 N–H and O–H groups in total. The predicted octanol–water partition coefficient (Wildman–Crippen LogP) is 1.96. The lowest BCUT2D eigenvalue weighted by Crippen LogP contribution is -2.32. The van der Waals surface area contributed by atoms with Crippen LogP contribution in [0.1, 0.15) is 0 Å². The minimum absolute atomic E-state index is 0.0915.